The average Bonchev–Trinajstić information content (AvgIpc) is 2.68. The summed E-state index contributed by atoms with van der Waals surface area (Å²) in [6.07, 6.45) is 4.69. The molecule has 2 saturated heterocycles. The van der Waals surface area contributed by atoms with Crippen LogP contribution in [0.1, 0.15) is 46.0 Å². The van der Waals surface area contributed by atoms with Gasteiger partial charge in [0, 0.05) is 16.3 Å². The van der Waals surface area contributed by atoms with Crippen molar-refractivity contribution >= 4 is 21.9 Å². The zero-order valence-electron chi connectivity index (χ0n) is 12.7. The molecule has 21 heavy (non-hydrogen) atoms. The van der Waals surface area contributed by atoms with Crippen LogP contribution >= 0.6 is 11.8 Å². The van der Waals surface area contributed by atoms with Crippen LogP contribution in [0.2, 0.25) is 0 Å². The number of unbranched alkanes of at least 4 members (excludes halogenated alkanes) is 3. The van der Waals surface area contributed by atoms with Crippen LogP contribution in [0.25, 0.3) is 0 Å². The molecule has 0 amide bonds. The molecule has 0 aromatic rings. The Morgan fingerprint density at radius 2 is 1.76 bits per heavy atom. The second-order valence-corrected chi connectivity index (χ2v) is 9.31. The van der Waals surface area contributed by atoms with Gasteiger partial charge in [-0.05, 0) is 12.8 Å². The van der Waals surface area contributed by atoms with Crippen LogP contribution in [0.15, 0.2) is 0 Å². The summed E-state index contributed by atoms with van der Waals surface area (Å²) in [5, 5.41) is 0.982. The number of rotatable bonds is 7. The number of thioether (sulfide) groups is 1. The molecule has 2 fully saturated rings. The molecule has 0 bridgehead atoms. The molecule has 0 aromatic carbocycles. The summed E-state index contributed by atoms with van der Waals surface area (Å²) in [6, 6.07) is 0. The Balaban J connectivity index is 1.60. The van der Waals surface area contributed by atoms with Gasteiger partial charge >= 0.3 is 0 Å². The maximum atomic E-state index is 10.5. The minimum atomic E-state index is -4.05. The van der Waals surface area contributed by atoms with Crippen molar-refractivity contribution < 1.29 is 22.4 Å². The monoisotopic (exact) mass is 337 g/mol. The van der Waals surface area contributed by atoms with E-state index in [0.29, 0.717) is 23.5 Å². The minimum absolute atomic E-state index is 0.155. The average molecular weight is 337 g/mol. The van der Waals surface area contributed by atoms with Gasteiger partial charge in [0.15, 0.2) is 0 Å². The van der Waals surface area contributed by atoms with Crippen molar-refractivity contribution in [2.45, 2.75) is 74.8 Å². The fourth-order valence-corrected chi connectivity index (χ4v) is 5.08. The lowest BCUT2D eigenvalue weighted by Gasteiger charge is -2.35. The highest BCUT2D eigenvalue weighted by Crippen LogP contribution is 2.40. The van der Waals surface area contributed by atoms with Crippen molar-refractivity contribution in [3.63, 3.8) is 0 Å². The molecular formula is C14H25O5S2-. The van der Waals surface area contributed by atoms with Crippen molar-refractivity contribution in [3.8, 4) is 0 Å². The molecule has 7 heteroatoms. The van der Waals surface area contributed by atoms with Gasteiger partial charge in [-0.25, -0.2) is 8.42 Å². The van der Waals surface area contributed by atoms with Crippen molar-refractivity contribution in [3.05, 3.63) is 0 Å². The van der Waals surface area contributed by atoms with Crippen molar-refractivity contribution in [1.29, 1.82) is 0 Å². The second kappa shape index (κ2) is 7.64. The van der Waals surface area contributed by atoms with Gasteiger partial charge in [0.2, 0.25) is 0 Å². The molecule has 5 nitrogen and oxygen atoms in total. The first kappa shape index (κ1) is 17.5. The lowest BCUT2D eigenvalue weighted by molar-refractivity contribution is -0.174. The Bertz CT molecular complexity index is 425. The molecule has 0 aromatic heterocycles. The van der Waals surface area contributed by atoms with Gasteiger partial charge in [0.05, 0.1) is 35.0 Å². The molecule has 2 aliphatic heterocycles. The van der Waals surface area contributed by atoms with Gasteiger partial charge in [-0.3, -0.25) is 0 Å². The molecule has 0 spiro atoms. The highest BCUT2D eigenvalue weighted by molar-refractivity contribution is 8.00. The molecule has 2 rings (SSSR count). The Kier molecular flexibility index (Phi) is 6.38. The van der Waals surface area contributed by atoms with Gasteiger partial charge in [0.1, 0.15) is 0 Å². The van der Waals surface area contributed by atoms with Crippen LogP contribution in [0, 0.1) is 0 Å². The zero-order chi connectivity index (χ0) is 15.5. The smallest absolute Gasteiger partial charge is 0.0968 e. The summed E-state index contributed by atoms with van der Waals surface area (Å²) >= 11 is 1.93. The standard InChI is InChI=1S/C14H26O5S2/c1-10-13-14(11(2)20-10)19-12(9-18-13)7-5-3-4-6-8-21(15,16)17/h10-14H,3-9H2,1-2H3,(H,15,16,17)/p-1. The fraction of sp³-hybridized carbons (Fsp3) is 1.00. The van der Waals surface area contributed by atoms with E-state index in [2.05, 4.69) is 13.8 Å². The van der Waals surface area contributed by atoms with E-state index >= 15 is 0 Å². The lowest BCUT2D eigenvalue weighted by atomic mass is 10.0. The molecule has 0 radical (unpaired) electrons. The normalized spacial score (nSPS) is 36.6. The van der Waals surface area contributed by atoms with Crippen LogP contribution in [0.3, 0.4) is 0 Å². The minimum Gasteiger partial charge on any atom is -0.748 e. The van der Waals surface area contributed by atoms with Crippen molar-refractivity contribution in [2.75, 3.05) is 12.4 Å². The fourth-order valence-electron chi connectivity index (χ4n) is 3.08. The molecule has 0 N–H and O–H groups in total. The Labute approximate surface area is 131 Å². The number of hydrogen-bond donors (Lipinski definition) is 0. The maximum Gasteiger partial charge on any atom is 0.0968 e. The van der Waals surface area contributed by atoms with E-state index in [0.717, 1.165) is 25.7 Å². The Morgan fingerprint density at radius 1 is 1.10 bits per heavy atom. The summed E-state index contributed by atoms with van der Waals surface area (Å²) in [6.45, 7) is 5.05. The van der Waals surface area contributed by atoms with Gasteiger partial charge in [0.25, 0.3) is 0 Å². The largest absolute Gasteiger partial charge is 0.748 e. The molecule has 124 valence electrons. The third-order valence-electron chi connectivity index (χ3n) is 4.17. The third-order valence-corrected chi connectivity index (χ3v) is 6.36. The molecule has 5 unspecified atom stereocenters. The van der Waals surface area contributed by atoms with Gasteiger partial charge in [-0.1, -0.05) is 33.1 Å². The van der Waals surface area contributed by atoms with Crippen molar-refractivity contribution in [1.82, 2.24) is 0 Å². The zero-order valence-corrected chi connectivity index (χ0v) is 14.3. The van der Waals surface area contributed by atoms with Crippen LogP contribution in [0.5, 0.6) is 0 Å². The van der Waals surface area contributed by atoms with Crippen LogP contribution in [0.4, 0.5) is 0 Å². The van der Waals surface area contributed by atoms with Crippen LogP contribution in [-0.4, -0.2) is 54.1 Å². The van der Waals surface area contributed by atoms with Gasteiger partial charge in [-0.15, -0.1) is 0 Å². The van der Waals surface area contributed by atoms with Gasteiger partial charge in [-0.2, -0.15) is 11.8 Å². The predicted octanol–water partition coefficient (Wildman–Crippen LogP) is 2.16. The second-order valence-electron chi connectivity index (χ2n) is 6.03. The number of hydrogen-bond acceptors (Lipinski definition) is 6. The lowest BCUT2D eigenvalue weighted by Crippen LogP contribution is -2.46. The first-order chi connectivity index (χ1) is 9.87. The summed E-state index contributed by atoms with van der Waals surface area (Å²) in [5.74, 6) is -0.244. The van der Waals surface area contributed by atoms with Crippen molar-refractivity contribution in [2.24, 2.45) is 0 Å². The Hall–Kier alpha value is 0.180. The quantitative estimate of drug-likeness (QED) is 0.523. The first-order valence-electron chi connectivity index (χ1n) is 7.73. The molecule has 2 heterocycles. The van der Waals surface area contributed by atoms with Gasteiger partial charge < -0.3 is 14.0 Å². The van der Waals surface area contributed by atoms with Crippen LogP contribution < -0.4 is 0 Å². The number of fused-ring (bicyclic) bond motifs is 1. The summed E-state index contributed by atoms with van der Waals surface area (Å²) in [5.41, 5.74) is 0. The van der Waals surface area contributed by atoms with E-state index in [9.17, 15) is 13.0 Å². The van der Waals surface area contributed by atoms with E-state index in [-0.39, 0.29) is 24.1 Å². The molecule has 0 saturated carbocycles. The predicted molar refractivity (Wildman–Crippen MR) is 82.6 cm³/mol. The molecule has 5 atom stereocenters. The summed E-state index contributed by atoms with van der Waals surface area (Å²) in [4.78, 5) is 0. The van der Waals surface area contributed by atoms with E-state index in [1.807, 2.05) is 11.8 Å². The molecule has 2 aliphatic rings. The van der Waals surface area contributed by atoms with Crippen LogP contribution in [-0.2, 0) is 19.6 Å². The summed E-state index contributed by atoms with van der Waals surface area (Å²) < 4.78 is 43.6. The highest BCUT2D eigenvalue weighted by atomic mass is 32.2. The van der Waals surface area contributed by atoms with E-state index in [4.69, 9.17) is 9.47 Å². The number of ether oxygens (including phenoxy) is 2. The SMILES string of the molecule is CC1SC(C)C2OC(CCCCCCS(=O)(=O)[O-])COC12. The summed E-state index contributed by atoms with van der Waals surface area (Å²) in [7, 11) is -4.05. The van der Waals surface area contributed by atoms with E-state index < -0.39 is 10.1 Å². The van der Waals surface area contributed by atoms with E-state index in [1.165, 1.54) is 0 Å². The Morgan fingerprint density at radius 3 is 2.48 bits per heavy atom. The van der Waals surface area contributed by atoms with E-state index in [1.54, 1.807) is 0 Å². The maximum absolute atomic E-state index is 10.5. The first-order valence-corrected chi connectivity index (χ1v) is 10.2. The third kappa shape index (κ3) is 5.39. The highest BCUT2D eigenvalue weighted by Gasteiger charge is 2.45. The molecular weight excluding hydrogens is 312 g/mol. The molecule has 0 aliphatic carbocycles. The topological polar surface area (TPSA) is 75.7 Å².